The average Bonchev–Trinajstić information content (AvgIpc) is 2.63. The number of urea groups is 1. The van der Waals surface area contributed by atoms with Gasteiger partial charge in [-0.2, -0.15) is 0 Å². The van der Waals surface area contributed by atoms with Gasteiger partial charge in [-0.05, 0) is 54.1 Å². The third-order valence-electron chi connectivity index (χ3n) is 3.70. The van der Waals surface area contributed by atoms with E-state index in [0.717, 1.165) is 21.4 Å². The summed E-state index contributed by atoms with van der Waals surface area (Å²) >= 11 is 3.44. The topological polar surface area (TPSA) is 58.4 Å². The Morgan fingerprint density at radius 2 is 1.60 bits per heavy atom. The highest BCUT2D eigenvalue weighted by Crippen LogP contribution is 2.26. The van der Waals surface area contributed by atoms with E-state index < -0.39 is 0 Å². The van der Waals surface area contributed by atoms with Gasteiger partial charge in [0.25, 0.3) is 0 Å². The minimum absolute atomic E-state index is 0.198. The molecule has 0 heterocycles. The van der Waals surface area contributed by atoms with Crippen LogP contribution in [0.15, 0.2) is 83.3 Å². The summed E-state index contributed by atoms with van der Waals surface area (Å²) in [4.78, 5) is 14.5. The van der Waals surface area contributed by atoms with E-state index in [1.807, 2.05) is 66.7 Å². The minimum Gasteiger partial charge on any atom is -0.399 e. The molecule has 0 fully saturated rings. The number of hydrogen-bond donors (Lipinski definition) is 2. The number of amides is 2. The maximum Gasteiger partial charge on any atom is 0.326 e. The molecule has 0 aliphatic carbocycles. The van der Waals surface area contributed by atoms with Crippen LogP contribution in [0, 0.1) is 0 Å². The second-order valence-electron chi connectivity index (χ2n) is 5.55. The lowest BCUT2D eigenvalue weighted by molar-refractivity contribution is 0.248. The van der Waals surface area contributed by atoms with E-state index in [9.17, 15) is 4.79 Å². The standard InChI is InChI=1S/C20H18BrN3O/c21-16-6-4-5-15(13-16)14-23-20(25)24(18-7-2-1-3-8-18)19-11-9-17(22)10-12-19/h1-13H,14,22H2,(H,23,25). The summed E-state index contributed by atoms with van der Waals surface area (Å²) in [6, 6.07) is 24.4. The Hall–Kier alpha value is -2.79. The Morgan fingerprint density at radius 3 is 2.28 bits per heavy atom. The van der Waals surface area contributed by atoms with Crippen LogP contribution >= 0.6 is 15.9 Å². The summed E-state index contributed by atoms with van der Waals surface area (Å²) in [7, 11) is 0. The number of rotatable bonds is 4. The van der Waals surface area contributed by atoms with Crippen LogP contribution in [0.3, 0.4) is 0 Å². The van der Waals surface area contributed by atoms with Crippen LogP contribution in [-0.2, 0) is 6.54 Å². The van der Waals surface area contributed by atoms with Crippen LogP contribution in [0.2, 0.25) is 0 Å². The molecule has 25 heavy (non-hydrogen) atoms. The van der Waals surface area contributed by atoms with E-state index in [0.29, 0.717) is 12.2 Å². The second-order valence-corrected chi connectivity index (χ2v) is 6.47. The molecule has 0 atom stereocenters. The summed E-state index contributed by atoms with van der Waals surface area (Å²) in [6.07, 6.45) is 0. The predicted octanol–water partition coefficient (Wildman–Crippen LogP) is 5.08. The number of nitrogen functional groups attached to an aromatic ring is 1. The van der Waals surface area contributed by atoms with Gasteiger partial charge < -0.3 is 11.1 Å². The number of hydrogen-bond acceptors (Lipinski definition) is 2. The lowest BCUT2D eigenvalue weighted by Gasteiger charge is -2.23. The van der Waals surface area contributed by atoms with Crippen LogP contribution in [0.25, 0.3) is 0 Å². The fraction of sp³-hybridized carbons (Fsp3) is 0.0500. The Bertz CT molecular complexity index is 850. The Balaban J connectivity index is 1.83. The van der Waals surface area contributed by atoms with Crippen LogP contribution in [0.5, 0.6) is 0 Å². The summed E-state index contributed by atoms with van der Waals surface area (Å²) < 4.78 is 0.984. The van der Waals surface area contributed by atoms with E-state index in [1.54, 1.807) is 17.0 Å². The molecular weight excluding hydrogens is 378 g/mol. The third kappa shape index (κ3) is 4.39. The van der Waals surface area contributed by atoms with E-state index in [-0.39, 0.29) is 6.03 Å². The summed E-state index contributed by atoms with van der Waals surface area (Å²) in [5, 5.41) is 2.97. The van der Waals surface area contributed by atoms with E-state index in [2.05, 4.69) is 21.2 Å². The number of carbonyl (C=O) groups is 1. The molecule has 0 aromatic heterocycles. The number of para-hydroxylation sites is 1. The van der Waals surface area contributed by atoms with E-state index in [1.165, 1.54) is 0 Å². The van der Waals surface area contributed by atoms with Gasteiger partial charge in [0.1, 0.15) is 0 Å². The van der Waals surface area contributed by atoms with Crippen molar-refractivity contribution in [2.75, 3.05) is 10.6 Å². The quantitative estimate of drug-likeness (QED) is 0.605. The van der Waals surface area contributed by atoms with Gasteiger partial charge in [-0.3, -0.25) is 4.90 Å². The van der Waals surface area contributed by atoms with E-state index in [4.69, 9.17) is 5.73 Å². The minimum atomic E-state index is -0.198. The molecule has 3 aromatic rings. The Morgan fingerprint density at radius 1 is 0.920 bits per heavy atom. The van der Waals surface area contributed by atoms with Crippen molar-refractivity contribution in [3.05, 3.63) is 88.9 Å². The highest BCUT2D eigenvalue weighted by atomic mass is 79.9. The van der Waals surface area contributed by atoms with Gasteiger partial charge in [-0.1, -0.05) is 46.3 Å². The molecule has 2 amide bonds. The number of benzene rings is 3. The van der Waals surface area contributed by atoms with Gasteiger partial charge >= 0.3 is 6.03 Å². The second kappa shape index (κ2) is 7.85. The SMILES string of the molecule is Nc1ccc(N(C(=O)NCc2cccc(Br)c2)c2ccccc2)cc1. The van der Waals surface area contributed by atoms with Crippen molar-refractivity contribution < 1.29 is 4.79 Å². The first kappa shape index (κ1) is 17.0. The zero-order chi connectivity index (χ0) is 17.6. The first-order chi connectivity index (χ1) is 12.1. The Labute approximate surface area is 155 Å². The van der Waals surface area contributed by atoms with Gasteiger partial charge in [0.05, 0.1) is 11.4 Å². The molecule has 3 aromatic carbocycles. The largest absolute Gasteiger partial charge is 0.399 e. The summed E-state index contributed by atoms with van der Waals surface area (Å²) in [6.45, 7) is 0.441. The van der Waals surface area contributed by atoms with Crippen molar-refractivity contribution >= 4 is 39.0 Å². The molecule has 5 heteroatoms. The van der Waals surface area contributed by atoms with Crippen LogP contribution in [-0.4, -0.2) is 6.03 Å². The monoisotopic (exact) mass is 395 g/mol. The molecule has 0 radical (unpaired) electrons. The first-order valence-corrected chi connectivity index (χ1v) is 8.66. The summed E-state index contributed by atoms with van der Waals surface area (Å²) in [5.41, 5.74) is 8.99. The van der Waals surface area contributed by atoms with Crippen LogP contribution in [0.4, 0.5) is 21.9 Å². The smallest absolute Gasteiger partial charge is 0.326 e. The molecule has 126 valence electrons. The normalized spacial score (nSPS) is 10.3. The molecule has 0 unspecified atom stereocenters. The van der Waals surface area contributed by atoms with Crippen molar-refractivity contribution in [3.63, 3.8) is 0 Å². The first-order valence-electron chi connectivity index (χ1n) is 7.86. The average molecular weight is 396 g/mol. The van der Waals surface area contributed by atoms with Gasteiger partial charge in [0.15, 0.2) is 0 Å². The van der Waals surface area contributed by atoms with Crippen molar-refractivity contribution in [2.45, 2.75) is 6.54 Å². The number of carbonyl (C=O) groups excluding carboxylic acids is 1. The highest BCUT2D eigenvalue weighted by molar-refractivity contribution is 9.10. The van der Waals surface area contributed by atoms with Gasteiger partial charge in [0, 0.05) is 16.7 Å². The number of nitrogens with zero attached hydrogens (tertiary/aromatic N) is 1. The fourth-order valence-electron chi connectivity index (χ4n) is 2.49. The van der Waals surface area contributed by atoms with Gasteiger partial charge in [0.2, 0.25) is 0 Å². The molecule has 0 saturated carbocycles. The lowest BCUT2D eigenvalue weighted by Crippen LogP contribution is -2.36. The van der Waals surface area contributed by atoms with Crippen LogP contribution < -0.4 is 16.0 Å². The summed E-state index contributed by atoms with van der Waals surface area (Å²) in [5.74, 6) is 0. The number of nitrogens with two attached hydrogens (primary N) is 1. The van der Waals surface area contributed by atoms with Crippen molar-refractivity contribution in [1.82, 2.24) is 5.32 Å². The molecular formula is C20H18BrN3O. The predicted molar refractivity (Wildman–Crippen MR) is 106 cm³/mol. The zero-order valence-electron chi connectivity index (χ0n) is 13.5. The molecule has 0 aliphatic heterocycles. The molecule has 0 bridgehead atoms. The number of halogens is 1. The molecule has 4 nitrogen and oxygen atoms in total. The molecule has 3 N–H and O–H groups in total. The molecule has 0 aliphatic rings. The fourth-order valence-corrected chi connectivity index (χ4v) is 2.93. The van der Waals surface area contributed by atoms with Crippen molar-refractivity contribution in [1.29, 1.82) is 0 Å². The maximum atomic E-state index is 12.9. The van der Waals surface area contributed by atoms with Gasteiger partial charge in [-0.25, -0.2) is 4.79 Å². The molecule has 0 spiro atoms. The maximum absolute atomic E-state index is 12.9. The molecule has 0 saturated heterocycles. The number of anilines is 3. The van der Waals surface area contributed by atoms with Crippen molar-refractivity contribution in [3.8, 4) is 0 Å². The van der Waals surface area contributed by atoms with E-state index >= 15 is 0 Å². The Kier molecular flexibility index (Phi) is 5.36. The van der Waals surface area contributed by atoms with Crippen molar-refractivity contribution in [2.24, 2.45) is 0 Å². The lowest BCUT2D eigenvalue weighted by atomic mass is 10.2. The molecule has 3 rings (SSSR count). The van der Waals surface area contributed by atoms with Gasteiger partial charge in [-0.15, -0.1) is 0 Å². The number of nitrogens with one attached hydrogen (secondary N) is 1. The zero-order valence-corrected chi connectivity index (χ0v) is 15.1. The highest BCUT2D eigenvalue weighted by Gasteiger charge is 2.17. The van der Waals surface area contributed by atoms with Crippen LogP contribution in [0.1, 0.15) is 5.56 Å². The third-order valence-corrected chi connectivity index (χ3v) is 4.19.